The zero-order chi connectivity index (χ0) is 27.5. The number of esters is 2. The summed E-state index contributed by atoms with van der Waals surface area (Å²) in [5.74, 6) is -1.36. The number of hydrogen-bond acceptors (Lipinski definition) is 9. The van der Waals surface area contributed by atoms with Gasteiger partial charge in [-0.15, -0.1) is 5.11 Å². The van der Waals surface area contributed by atoms with Crippen molar-refractivity contribution in [3.8, 4) is 11.5 Å². The molecule has 0 radical (unpaired) electrons. The van der Waals surface area contributed by atoms with Crippen molar-refractivity contribution in [3.63, 3.8) is 0 Å². The smallest absolute Gasteiger partial charge is 0.333 e. The highest BCUT2D eigenvalue weighted by Gasteiger charge is 2.18. The first-order valence-corrected chi connectivity index (χ1v) is 11.9. The van der Waals surface area contributed by atoms with Crippen LogP contribution in [0.25, 0.3) is 0 Å². The van der Waals surface area contributed by atoms with Crippen LogP contribution in [0, 0.1) is 0 Å². The first-order chi connectivity index (χ1) is 18.3. The number of ketones is 1. The number of rotatable bonds is 12. The van der Waals surface area contributed by atoms with Crippen molar-refractivity contribution in [1.29, 1.82) is 0 Å². The second-order valence-electron chi connectivity index (χ2n) is 8.15. The Morgan fingerprint density at radius 3 is 2.37 bits per heavy atom. The summed E-state index contributed by atoms with van der Waals surface area (Å²) in [6.07, 6.45) is -0.0169. The lowest BCUT2D eigenvalue weighted by molar-refractivity contribution is -0.149. The predicted molar refractivity (Wildman–Crippen MR) is 140 cm³/mol. The summed E-state index contributed by atoms with van der Waals surface area (Å²) in [6, 6.07) is 18.2. The summed E-state index contributed by atoms with van der Waals surface area (Å²) in [6.45, 7) is 6.98. The zero-order valence-corrected chi connectivity index (χ0v) is 21.2. The van der Waals surface area contributed by atoms with Crippen LogP contribution in [0.3, 0.4) is 0 Å². The molecule has 0 fully saturated rings. The number of azo groups is 1. The third-order valence-corrected chi connectivity index (χ3v) is 5.12. The number of carbonyl (C=O) groups excluding carboxylic acids is 3. The maximum absolute atomic E-state index is 12.9. The number of hydrogen-bond donors (Lipinski definition) is 1. The SMILES string of the molecule is C=C(C)C(=O)OCCOC(=O)Cc1cccc(N=Nc2cc(C(=O)c3ccccc3)c(O)cc2OCC)c1. The fourth-order valence-electron chi connectivity index (χ4n) is 3.30. The van der Waals surface area contributed by atoms with Gasteiger partial charge in [-0.1, -0.05) is 49.0 Å². The summed E-state index contributed by atoms with van der Waals surface area (Å²) in [7, 11) is 0. The molecule has 1 N–H and O–H groups in total. The van der Waals surface area contributed by atoms with Crippen LogP contribution in [-0.2, 0) is 25.5 Å². The minimum Gasteiger partial charge on any atom is -0.507 e. The van der Waals surface area contributed by atoms with Gasteiger partial charge in [-0.25, -0.2) is 4.79 Å². The molecule has 0 heterocycles. The number of carbonyl (C=O) groups is 3. The molecule has 0 aliphatic carbocycles. The Balaban J connectivity index is 1.72. The second kappa shape index (κ2) is 13.5. The lowest BCUT2D eigenvalue weighted by atomic mass is 10.0. The van der Waals surface area contributed by atoms with Gasteiger partial charge >= 0.3 is 11.9 Å². The Hall–Kier alpha value is -4.79. The largest absolute Gasteiger partial charge is 0.507 e. The van der Waals surface area contributed by atoms with Crippen molar-refractivity contribution in [2.75, 3.05) is 19.8 Å². The lowest BCUT2D eigenvalue weighted by Crippen LogP contribution is -2.15. The van der Waals surface area contributed by atoms with E-state index in [0.717, 1.165) is 0 Å². The Kier molecular flexibility index (Phi) is 9.87. The molecule has 0 aliphatic rings. The number of nitrogens with zero attached hydrogens (tertiary/aromatic N) is 2. The Morgan fingerprint density at radius 2 is 1.66 bits per heavy atom. The summed E-state index contributed by atoms with van der Waals surface area (Å²) in [5, 5.41) is 18.9. The van der Waals surface area contributed by atoms with E-state index in [1.807, 2.05) is 0 Å². The van der Waals surface area contributed by atoms with Gasteiger partial charge < -0.3 is 19.3 Å². The molecular weight excluding hydrogens is 488 g/mol. The number of aromatic hydroxyl groups is 1. The molecule has 0 saturated heterocycles. The summed E-state index contributed by atoms with van der Waals surface area (Å²) >= 11 is 0. The Labute approximate surface area is 220 Å². The average Bonchev–Trinajstić information content (AvgIpc) is 2.91. The molecule has 0 spiro atoms. The first-order valence-electron chi connectivity index (χ1n) is 11.9. The van der Waals surface area contributed by atoms with E-state index in [2.05, 4.69) is 16.8 Å². The number of ether oxygens (including phenoxy) is 3. The Morgan fingerprint density at radius 1 is 0.921 bits per heavy atom. The van der Waals surface area contributed by atoms with E-state index in [1.54, 1.807) is 61.5 Å². The molecule has 0 aliphatic heterocycles. The highest BCUT2D eigenvalue weighted by atomic mass is 16.6. The molecule has 0 atom stereocenters. The predicted octanol–water partition coefficient (Wildman–Crippen LogP) is 5.64. The minimum atomic E-state index is -0.545. The van der Waals surface area contributed by atoms with Gasteiger partial charge in [-0.05, 0) is 37.6 Å². The zero-order valence-electron chi connectivity index (χ0n) is 21.2. The van der Waals surface area contributed by atoms with Gasteiger partial charge in [-0.3, -0.25) is 9.59 Å². The molecule has 9 heteroatoms. The summed E-state index contributed by atoms with van der Waals surface area (Å²) < 4.78 is 15.6. The van der Waals surface area contributed by atoms with Crippen LogP contribution >= 0.6 is 0 Å². The van der Waals surface area contributed by atoms with E-state index in [-0.39, 0.29) is 53.7 Å². The molecule has 0 saturated carbocycles. The lowest BCUT2D eigenvalue weighted by Gasteiger charge is -2.10. The highest BCUT2D eigenvalue weighted by molar-refractivity contribution is 6.11. The maximum Gasteiger partial charge on any atom is 0.333 e. The minimum absolute atomic E-state index is 0.0169. The van der Waals surface area contributed by atoms with Crippen LogP contribution in [0.15, 0.2) is 89.1 Å². The molecule has 38 heavy (non-hydrogen) atoms. The normalized spacial score (nSPS) is 10.7. The average molecular weight is 517 g/mol. The second-order valence-corrected chi connectivity index (χ2v) is 8.15. The molecule has 3 aromatic carbocycles. The van der Waals surface area contributed by atoms with Gasteiger partial charge in [0.1, 0.15) is 24.7 Å². The van der Waals surface area contributed by atoms with Crippen molar-refractivity contribution in [2.24, 2.45) is 10.2 Å². The molecule has 0 unspecified atom stereocenters. The molecule has 0 amide bonds. The number of phenolic OH excluding ortho intramolecular Hbond substituents is 1. The fraction of sp³-hybridized carbons (Fsp3) is 0.207. The van der Waals surface area contributed by atoms with Gasteiger partial charge in [0.2, 0.25) is 0 Å². The Bertz CT molecular complexity index is 1350. The van der Waals surface area contributed by atoms with Crippen LogP contribution in [0.5, 0.6) is 11.5 Å². The van der Waals surface area contributed by atoms with Gasteiger partial charge in [0.15, 0.2) is 11.5 Å². The molecule has 3 rings (SSSR count). The molecule has 0 aromatic heterocycles. The molecule has 9 nitrogen and oxygen atoms in total. The number of benzene rings is 3. The van der Waals surface area contributed by atoms with Crippen molar-refractivity contribution in [1.82, 2.24) is 0 Å². The third kappa shape index (κ3) is 7.86. The van der Waals surface area contributed by atoms with E-state index in [4.69, 9.17) is 14.2 Å². The third-order valence-electron chi connectivity index (χ3n) is 5.12. The number of phenols is 1. The van der Waals surface area contributed by atoms with E-state index in [1.165, 1.54) is 19.1 Å². The molecule has 196 valence electrons. The van der Waals surface area contributed by atoms with E-state index >= 15 is 0 Å². The first kappa shape index (κ1) is 27.8. The van der Waals surface area contributed by atoms with Gasteiger partial charge in [0, 0.05) is 17.2 Å². The fourth-order valence-corrected chi connectivity index (χ4v) is 3.30. The van der Waals surface area contributed by atoms with Crippen molar-refractivity contribution in [3.05, 3.63) is 95.6 Å². The van der Waals surface area contributed by atoms with Gasteiger partial charge in [-0.2, -0.15) is 5.11 Å². The molecular formula is C29H28N2O7. The quantitative estimate of drug-likeness (QED) is 0.109. The summed E-state index contributed by atoms with van der Waals surface area (Å²) in [5.41, 5.74) is 2.11. The van der Waals surface area contributed by atoms with Crippen molar-refractivity contribution >= 4 is 29.1 Å². The standard InChI is InChI=1S/C29H28N2O7/c1-4-36-26-18-25(32)23(28(34)21-10-6-5-7-11-21)17-24(26)31-30-22-12-8-9-20(15-22)16-27(33)37-13-14-38-29(35)19(2)3/h5-12,15,17-18,32H,2,4,13-14,16H2,1,3H3. The van der Waals surface area contributed by atoms with Crippen LogP contribution in [0.2, 0.25) is 0 Å². The van der Waals surface area contributed by atoms with Crippen LogP contribution in [0.4, 0.5) is 11.4 Å². The van der Waals surface area contributed by atoms with Crippen LogP contribution < -0.4 is 4.74 Å². The van der Waals surface area contributed by atoms with Gasteiger partial charge in [0.05, 0.1) is 24.3 Å². The topological polar surface area (TPSA) is 124 Å². The van der Waals surface area contributed by atoms with E-state index < -0.39 is 11.9 Å². The molecule has 0 bridgehead atoms. The van der Waals surface area contributed by atoms with Crippen molar-refractivity contribution in [2.45, 2.75) is 20.3 Å². The maximum atomic E-state index is 12.9. The van der Waals surface area contributed by atoms with Crippen LogP contribution in [-0.4, -0.2) is 42.6 Å². The monoisotopic (exact) mass is 516 g/mol. The van der Waals surface area contributed by atoms with E-state index in [9.17, 15) is 19.5 Å². The van der Waals surface area contributed by atoms with Crippen molar-refractivity contribution < 1.29 is 33.7 Å². The highest BCUT2D eigenvalue weighted by Crippen LogP contribution is 2.36. The van der Waals surface area contributed by atoms with Gasteiger partial charge in [0.25, 0.3) is 0 Å². The molecule has 3 aromatic rings. The van der Waals surface area contributed by atoms with Crippen LogP contribution in [0.1, 0.15) is 35.3 Å². The summed E-state index contributed by atoms with van der Waals surface area (Å²) in [4.78, 5) is 36.4. The van der Waals surface area contributed by atoms with E-state index in [0.29, 0.717) is 23.4 Å².